The van der Waals surface area contributed by atoms with Crippen LogP contribution in [0, 0.1) is 17.2 Å². The van der Waals surface area contributed by atoms with Gasteiger partial charge in [0.05, 0.1) is 22.7 Å². The number of hydrogen-bond donors (Lipinski definition) is 1. The molecular formula is C21H24N6O2S. The van der Waals surface area contributed by atoms with Gasteiger partial charge in [0.2, 0.25) is 5.78 Å². The monoisotopic (exact) mass is 424 g/mol. The van der Waals surface area contributed by atoms with Gasteiger partial charge in [-0.2, -0.15) is 5.26 Å². The third kappa shape index (κ3) is 3.79. The van der Waals surface area contributed by atoms with Crippen LogP contribution >= 0.6 is 11.8 Å². The minimum atomic E-state index is -0.154. The maximum absolute atomic E-state index is 13.2. The zero-order valence-corrected chi connectivity index (χ0v) is 17.9. The topological polar surface area (TPSA) is 105 Å². The molecule has 0 unspecified atom stereocenters. The number of hydrogen-bond acceptors (Lipinski definition) is 6. The summed E-state index contributed by atoms with van der Waals surface area (Å²) in [5.74, 6) is 0.748. The Kier molecular flexibility index (Phi) is 5.77. The van der Waals surface area contributed by atoms with Crippen molar-refractivity contribution >= 4 is 34.3 Å². The zero-order chi connectivity index (χ0) is 21.3. The lowest BCUT2D eigenvalue weighted by Crippen LogP contribution is -2.32. The summed E-state index contributed by atoms with van der Waals surface area (Å²) >= 11 is 1.26. The highest BCUT2D eigenvalue weighted by Crippen LogP contribution is 2.23. The van der Waals surface area contributed by atoms with E-state index in [1.807, 2.05) is 13.8 Å². The van der Waals surface area contributed by atoms with Gasteiger partial charge >= 0.3 is 0 Å². The standard InChI is InChI=1S/C21H24N6O2S/c1-13(2)12-26-19(29)16-8-7-14(18(28)23-15-5-3-4-6-15)11-17(16)27-20(26)24-25-21(27)30-10-9-22/h7-8,11,13,15H,3-6,10,12H2,1-2H3,(H,23,28). The number of carbonyl (C=O) groups is 1. The first kappa shape index (κ1) is 20.4. The molecule has 4 rings (SSSR count). The van der Waals surface area contributed by atoms with Crippen molar-refractivity contribution in [1.29, 1.82) is 5.26 Å². The molecular weight excluding hydrogens is 400 g/mol. The summed E-state index contributed by atoms with van der Waals surface area (Å²) in [6.45, 7) is 4.57. The van der Waals surface area contributed by atoms with Crippen molar-refractivity contribution in [2.75, 3.05) is 5.75 Å². The van der Waals surface area contributed by atoms with E-state index in [2.05, 4.69) is 21.6 Å². The van der Waals surface area contributed by atoms with Gasteiger partial charge in [-0.15, -0.1) is 10.2 Å². The van der Waals surface area contributed by atoms with Crippen molar-refractivity contribution in [3.8, 4) is 6.07 Å². The molecule has 1 N–H and O–H groups in total. The van der Waals surface area contributed by atoms with Crippen LogP contribution in [0.5, 0.6) is 0 Å². The second-order valence-electron chi connectivity index (χ2n) is 8.06. The average Bonchev–Trinajstić information content (AvgIpc) is 3.38. The Labute approximate surface area is 178 Å². The third-order valence-corrected chi connectivity index (χ3v) is 6.13. The van der Waals surface area contributed by atoms with Crippen molar-refractivity contribution in [2.45, 2.75) is 57.3 Å². The molecule has 8 nitrogen and oxygen atoms in total. The lowest BCUT2D eigenvalue weighted by Gasteiger charge is -2.15. The fourth-order valence-electron chi connectivity index (χ4n) is 3.98. The smallest absolute Gasteiger partial charge is 0.262 e. The van der Waals surface area contributed by atoms with Crippen LogP contribution < -0.4 is 10.9 Å². The number of aromatic nitrogens is 4. The van der Waals surface area contributed by atoms with Gasteiger partial charge in [-0.05, 0) is 37.0 Å². The molecule has 1 fully saturated rings. The van der Waals surface area contributed by atoms with E-state index in [1.165, 1.54) is 11.8 Å². The van der Waals surface area contributed by atoms with Crippen molar-refractivity contribution in [1.82, 2.24) is 24.5 Å². The van der Waals surface area contributed by atoms with Crippen LogP contribution in [0.1, 0.15) is 49.9 Å². The molecule has 1 aromatic carbocycles. The van der Waals surface area contributed by atoms with Crippen molar-refractivity contribution in [3.05, 3.63) is 34.1 Å². The molecule has 9 heteroatoms. The quantitative estimate of drug-likeness (QED) is 0.610. The van der Waals surface area contributed by atoms with Crippen molar-refractivity contribution in [3.63, 3.8) is 0 Å². The van der Waals surface area contributed by atoms with Gasteiger partial charge in [-0.25, -0.2) is 0 Å². The summed E-state index contributed by atoms with van der Waals surface area (Å²) in [5.41, 5.74) is 0.930. The average molecular weight is 425 g/mol. The molecule has 0 aliphatic heterocycles. The second kappa shape index (κ2) is 8.48. The Morgan fingerprint density at radius 3 is 2.80 bits per heavy atom. The lowest BCUT2D eigenvalue weighted by molar-refractivity contribution is 0.0938. The molecule has 0 bridgehead atoms. The maximum Gasteiger partial charge on any atom is 0.262 e. The van der Waals surface area contributed by atoms with E-state index in [1.54, 1.807) is 27.2 Å². The van der Waals surface area contributed by atoms with Gasteiger partial charge in [0.15, 0.2) is 5.16 Å². The van der Waals surface area contributed by atoms with Crippen LogP contribution in [0.4, 0.5) is 0 Å². The molecule has 0 saturated heterocycles. The van der Waals surface area contributed by atoms with Crippen LogP contribution in [0.15, 0.2) is 28.2 Å². The number of carbonyl (C=O) groups excluding carboxylic acids is 1. The molecule has 30 heavy (non-hydrogen) atoms. The molecule has 1 amide bonds. The number of nitrogens with one attached hydrogen (secondary N) is 1. The number of benzene rings is 1. The van der Waals surface area contributed by atoms with E-state index in [4.69, 9.17) is 5.26 Å². The number of nitriles is 1. The van der Waals surface area contributed by atoms with Gasteiger partial charge in [-0.1, -0.05) is 38.5 Å². The first-order chi connectivity index (χ1) is 14.5. The molecule has 0 spiro atoms. The Morgan fingerprint density at radius 1 is 1.33 bits per heavy atom. The molecule has 0 radical (unpaired) electrons. The fourth-order valence-corrected chi connectivity index (χ4v) is 4.58. The molecule has 2 heterocycles. The molecule has 1 aliphatic rings. The van der Waals surface area contributed by atoms with Gasteiger partial charge in [-0.3, -0.25) is 18.6 Å². The van der Waals surface area contributed by atoms with Crippen LogP contribution in [-0.2, 0) is 6.54 Å². The number of thioether (sulfide) groups is 1. The summed E-state index contributed by atoms with van der Waals surface area (Å²) < 4.78 is 3.40. The molecule has 1 saturated carbocycles. The van der Waals surface area contributed by atoms with Gasteiger partial charge in [0, 0.05) is 18.2 Å². The van der Waals surface area contributed by atoms with Gasteiger partial charge in [0.1, 0.15) is 0 Å². The van der Waals surface area contributed by atoms with E-state index in [0.29, 0.717) is 33.9 Å². The second-order valence-corrected chi connectivity index (χ2v) is 9.00. The van der Waals surface area contributed by atoms with Crippen molar-refractivity contribution in [2.24, 2.45) is 5.92 Å². The highest BCUT2D eigenvalue weighted by atomic mass is 32.2. The Hall–Kier alpha value is -2.86. The summed E-state index contributed by atoms with van der Waals surface area (Å²) in [4.78, 5) is 26.0. The molecule has 3 aromatic rings. The molecule has 0 atom stereocenters. The number of amides is 1. The minimum Gasteiger partial charge on any atom is -0.349 e. The Morgan fingerprint density at radius 2 is 2.10 bits per heavy atom. The van der Waals surface area contributed by atoms with E-state index in [0.717, 1.165) is 25.7 Å². The summed E-state index contributed by atoms with van der Waals surface area (Å²) in [6.07, 6.45) is 4.28. The van der Waals surface area contributed by atoms with Crippen LogP contribution in [0.25, 0.3) is 16.7 Å². The van der Waals surface area contributed by atoms with E-state index in [-0.39, 0.29) is 29.2 Å². The van der Waals surface area contributed by atoms with E-state index in [9.17, 15) is 9.59 Å². The van der Waals surface area contributed by atoms with Gasteiger partial charge < -0.3 is 5.32 Å². The van der Waals surface area contributed by atoms with Crippen LogP contribution in [0.3, 0.4) is 0 Å². The molecule has 2 aromatic heterocycles. The Bertz CT molecular complexity index is 1200. The van der Waals surface area contributed by atoms with E-state index >= 15 is 0 Å². The normalized spacial score (nSPS) is 14.6. The number of rotatable bonds is 6. The zero-order valence-electron chi connectivity index (χ0n) is 17.1. The summed E-state index contributed by atoms with van der Waals surface area (Å²) in [5, 5.41) is 21.6. The number of nitrogens with zero attached hydrogens (tertiary/aromatic N) is 5. The minimum absolute atomic E-state index is 0.136. The Balaban J connectivity index is 1.88. The third-order valence-electron chi connectivity index (χ3n) is 5.34. The summed E-state index contributed by atoms with van der Waals surface area (Å²) in [6, 6.07) is 7.44. The fraction of sp³-hybridized carbons (Fsp3) is 0.476. The summed E-state index contributed by atoms with van der Waals surface area (Å²) in [7, 11) is 0. The first-order valence-electron chi connectivity index (χ1n) is 10.2. The SMILES string of the molecule is CC(C)Cn1c(=O)c2ccc(C(=O)NC3CCCC3)cc2n2c(SCC#N)nnc12. The van der Waals surface area contributed by atoms with Gasteiger partial charge in [0.25, 0.3) is 11.5 Å². The first-order valence-corrected chi connectivity index (χ1v) is 11.2. The van der Waals surface area contributed by atoms with Crippen LogP contribution in [-0.4, -0.2) is 36.9 Å². The predicted molar refractivity (Wildman–Crippen MR) is 116 cm³/mol. The van der Waals surface area contributed by atoms with E-state index < -0.39 is 0 Å². The maximum atomic E-state index is 13.2. The molecule has 156 valence electrons. The molecule has 1 aliphatic carbocycles. The highest BCUT2D eigenvalue weighted by Gasteiger charge is 2.21. The lowest BCUT2D eigenvalue weighted by atomic mass is 10.1. The van der Waals surface area contributed by atoms with Crippen molar-refractivity contribution < 1.29 is 4.79 Å². The highest BCUT2D eigenvalue weighted by molar-refractivity contribution is 7.99. The largest absolute Gasteiger partial charge is 0.349 e. The number of fused-ring (bicyclic) bond motifs is 3. The predicted octanol–water partition coefficient (Wildman–Crippen LogP) is 2.99. The van der Waals surface area contributed by atoms with Crippen LogP contribution in [0.2, 0.25) is 0 Å².